The molecule has 3 heterocycles. The molecule has 1 saturated heterocycles. The zero-order valence-corrected chi connectivity index (χ0v) is 15.8. The van der Waals surface area contributed by atoms with E-state index in [4.69, 9.17) is 20.4 Å². The van der Waals surface area contributed by atoms with E-state index in [1.165, 1.54) is 0 Å². The fraction of sp³-hybridized carbons (Fsp3) is 0.333. The number of nitrogens with zero attached hydrogens (tertiary/aromatic N) is 4. The number of methoxy groups -OCH3 is 1. The van der Waals surface area contributed by atoms with Gasteiger partial charge < -0.3 is 15.4 Å². The predicted octanol–water partition coefficient (Wildman–Crippen LogP) is 3.01. The van der Waals surface area contributed by atoms with Crippen molar-refractivity contribution in [2.45, 2.75) is 19.4 Å². The van der Waals surface area contributed by atoms with Crippen molar-refractivity contribution >= 4 is 27.5 Å². The van der Waals surface area contributed by atoms with Gasteiger partial charge in [-0.3, -0.25) is 4.40 Å². The van der Waals surface area contributed by atoms with Crippen LogP contribution in [0.4, 0.5) is 5.82 Å². The van der Waals surface area contributed by atoms with Crippen molar-refractivity contribution in [3.63, 3.8) is 0 Å². The monoisotopic (exact) mass is 401 g/mol. The lowest BCUT2D eigenvalue weighted by Gasteiger charge is -2.16. The minimum atomic E-state index is 0.229. The molecule has 6 nitrogen and oxygen atoms in total. The van der Waals surface area contributed by atoms with Gasteiger partial charge in [-0.1, -0.05) is 0 Å². The van der Waals surface area contributed by atoms with Crippen LogP contribution in [0.5, 0.6) is 5.75 Å². The number of nitrogens with two attached hydrogens (primary N) is 1. The van der Waals surface area contributed by atoms with Gasteiger partial charge in [0, 0.05) is 37.1 Å². The second-order valence-corrected chi connectivity index (χ2v) is 7.27. The number of fused-ring (bicyclic) bond motifs is 1. The zero-order valence-electron chi connectivity index (χ0n) is 14.2. The highest BCUT2D eigenvalue weighted by molar-refractivity contribution is 9.10. The Bertz CT molecular complexity index is 939. The number of rotatable bonds is 3. The van der Waals surface area contributed by atoms with Crippen molar-refractivity contribution in [1.29, 1.82) is 0 Å². The average molecular weight is 402 g/mol. The van der Waals surface area contributed by atoms with Gasteiger partial charge >= 0.3 is 0 Å². The van der Waals surface area contributed by atoms with Crippen LogP contribution >= 0.6 is 15.9 Å². The smallest absolute Gasteiger partial charge is 0.236 e. The van der Waals surface area contributed by atoms with Crippen molar-refractivity contribution in [2.75, 3.05) is 25.1 Å². The minimum absolute atomic E-state index is 0.229. The Morgan fingerprint density at radius 1 is 1.32 bits per heavy atom. The molecule has 4 rings (SSSR count). The van der Waals surface area contributed by atoms with E-state index < -0.39 is 0 Å². The van der Waals surface area contributed by atoms with Crippen LogP contribution in [0.1, 0.15) is 12.0 Å². The molecule has 0 aliphatic carbocycles. The molecule has 0 bridgehead atoms. The van der Waals surface area contributed by atoms with Crippen LogP contribution in [0.25, 0.3) is 17.0 Å². The molecule has 0 spiro atoms. The maximum absolute atomic E-state index is 6.00. The second-order valence-electron chi connectivity index (χ2n) is 6.42. The number of benzene rings is 1. The summed E-state index contributed by atoms with van der Waals surface area (Å²) in [5, 5.41) is 0. The number of aromatic nitrogens is 3. The third kappa shape index (κ3) is 2.98. The van der Waals surface area contributed by atoms with Crippen molar-refractivity contribution in [2.24, 2.45) is 5.73 Å². The van der Waals surface area contributed by atoms with Crippen LogP contribution in [0, 0.1) is 6.92 Å². The van der Waals surface area contributed by atoms with E-state index in [0.29, 0.717) is 5.78 Å². The van der Waals surface area contributed by atoms with Crippen LogP contribution in [0.15, 0.2) is 35.1 Å². The average Bonchev–Trinajstić information content (AvgIpc) is 3.21. The lowest BCUT2D eigenvalue weighted by Crippen LogP contribution is -2.26. The van der Waals surface area contributed by atoms with Gasteiger partial charge in [-0.2, -0.15) is 4.98 Å². The van der Waals surface area contributed by atoms with E-state index in [9.17, 15) is 0 Å². The van der Waals surface area contributed by atoms with Crippen molar-refractivity contribution < 1.29 is 4.74 Å². The van der Waals surface area contributed by atoms with Gasteiger partial charge in [-0.15, -0.1) is 0 Å². The fourth-order valence-electron chi connectivity index (χ4n) is 3.25. The van der Waals surface area contributed by atoms with Crippen LogP contribution in [0.2, 0.25) is 0 Å². The maximum atomic E-state index is 6.00. The SMILES string of the molecule is COc1cc(C)c(-c2cn3ccc(N4CCC(N)C4)nc3n2)cc1Br. The van der Waals surface area contributed by atoms with Crippen LogP contribution in [0.3, 0.4) is 0 Å². The normalized spacial score (nSPS) is 17.4. The molecule has 1 aromatic carbocycles. The molecular formula is C18H20BrN5O. The summed E-state index contributed by atoms with van der Waals surface area (Å²) >= 11 is 3.55. The minimum Gasteiger partial charge on any atom is -0.496 e. The Labute approximate surface area is 154 Å². The summed E-state index contributed by atoms with van der Waals surface area (Å²) in [6, 6.07) is 6.30. The first-order chi connectivity index (χ1) is 12.0. The van der Waals surface area contributed by atoms with Crippen LogP contribution < -0.4 is 15.4 Å². The molecule has 1 atom stereocenters. The summed E-state index contributed by atoms with van der Waals surface area (Å²) in [6.07, 6.45) is 5.01. The predicted molar refractivity (Wildman–Crippen MR) is 102 cm³/mol. The van der Waals surface area contributed by atoms with Crippen LogP contribution in [-0.4, -0.2) is 40.6 Å². The van der Waals surface area contributed by atoms with Gasteiger partial charge in [0.2, 0.25) is 5.78 Å². The summed E-state index contributed by atoms with van der Waals surface area (Å²) in [4.78, 5) is 11.6. The van der Waals surface area contributed by atoms with Gasteiger partial charge in [0.15, 0.2) is 0 Å². The van der Waals surface area contributed by atoms with Crippen molar-refractivity contribution in [1.82, 2.24) is 14.4 Å². The molecule has 2 N–H and O–H groups in total. The first-order valence-electron chi connectivity index (χ1n) is 8.26. The standard InChI is InChI=1S/C18H20BrN5O/c1-11-7-16(25-2)14(19)8-13(11)15-10-24-6-4-17(22-18(24)21-15)23-5-3-12(20)9-23/h4,6-8,10,12H,3,5,9,20H2,1-2H3. The second kappa shape index (κ2) is 6.31. The van der Waals surface area contributed by atoms with Crippen molar-refractivity contribution in [3.8, 4) is 17.0 Å². The lowest BCUT2D eigenvalue weighted by molar-refractivity contribution is 0.412. The van der Waals surface area contributed by atoms with E-state index >= 15 is 0 Å². The van der Waals surface area contributed by atoms with Crippen molar-refractivity contribution in [3.05, 3.63) is 40.6 Å². The molecule has 0 radical (unpaired) electrons. The molecule has 0 saturated carbocycles. The largest absolute Gasteiger partial charge is 0.496 e. The number of hydrogen-bond donors (Lipinski definition) is 1. The Morgan fingerprint density at radius 3 is 2.88 bits per heavy atom. The van der Waals surface area contributed by atoms with Crippen LogP contribution in [-0.2, 0) is 0 Å². The summed E-state index contributed by atoms with van der Waals surface area (Å²) < 4.78 is 8.22. The first-order valence-corrected chi connectivity index (χ1v) is 9.05. The Kier molecular flexibility index (Phi) is 4.13. The van der Waals surface area contributed by atoms with E-state index in [2.05, 4.69) is 27.8 Å². The molecule has 1 unspecified atom stereocenters. The van der Waals surface area contributed by atoms with Gasteiger partial charge in [-0.05, 0) is 53.0 Å². The molecule has 2 aromatic heterocycles. The molecule has 3 aromatic rings. The summed E-state index contributed by atoms with van der Waals surface area (Å²) in [6.45, 7) is 3.85. The highest BCUT2D eigenvalue weighted by atomic mass is 79.9. The Morgan fingerprint density at radius 2 is 2.16 bits per heavy atom. The molecular weight excluding hydrogens is 382 g/mol. The number of hydrogen-bond acceptors (Lipinski definition) is 5. The highest BCUT2D eigenvalue weighted by Crippen LogP contribution is 2.33. The molecule has 25 heavy (non-hydrogen) atoms. The molecule has 0 amide bonds. The van der Waals surface area contributed by atoms with E-state index in [0.717, 1.165) is 52.4 Å². The summed E-state index contributed by atoms with van der Waals surface area (Å²) in [5.41, 5.74) is 9.06. The Balaban J connectivity index is 1.73. The van der Waals surface area contributed by atoms with Gasteiger partial charge in [0.25, 0.3) is 0 Å². The molecule has 1 fully saturated rings. The van der Waals surface area contributed by atoms with Gasteiger partial charge in [0.05, 0.1) is 17.3 Å². The number of anilines is 1. The first kappa shape index (κ1) is 16.4. The quantitative estimate of drug-likeness (QED) is 0.730. The van der Waals surface area contributed by atoms with E-state index in [1.807, 2.05) is 35.0 Å². The van der Waals surface area contributed by atoms with Gasteiger partial charge in [0.1, 0.15) is 11.6 Å². The topological polar surface area (TPSA) is 68.7 Å². The fourth-order valence-corrected chi connectivity index (χ4v) is 3.76. The maximum Gasteiger partial charge on any atom is 0.236 e. The summed E-state index contributed by atoms with van der Waals surface area (Å²) in [7, 11) is 1.67. The lowest BCUT2D eigenvalue weighted by atomic mass is 10.1. The Hall–Kier alpha value is -2.12. The third-order valence-corrected chi connectivity index (χ3v) is 5.25. The van der Waals surface area contributed by atoms with Gasteiger partial charge in [-0.25, -0.2) is 4.98 Å². The van der Waals surface area contributed by atoms with E-state index in [1.54, 1.807) is 7.11 Å². The number of aryl methyl sites for hydroxylation is 1. The third-order valence-electron chi connectivity index (χ3n) is 4.63. The zero-order chi connectivity index (χ0) is 17.6. The molecule has 1 aliphatic rings. The number of halogens is 1. The molecule has 130 valence electrons. The molecule has 7 heteroatoms. The number of imidazole rings is 1. The highest BCUT2D eigenvalue weighted by Gasteiger charge is 2.21. The van der Waals surface area contributed by atoms with E-state index in [-0.39, 0.29) is 6.04 Å². The number of ether oxygens (including phenoxy) is 1. The molecule has 1 aliphatic heterocycles. The summed E-state index contributed by atoms with van der Waals surface area (Å²) in [5.74, 6) is 2.44.